The second kappa shape index (κ2) is 7.33. The number of rotatable bonds is 3. The third-order valence-corrected chi connectivity index (χ3v) is 7.84. The number of nitrogens with two attached hydrogens (primary N) is 2. The fourth-order valence-electron chi connectivity index (χ4n) is 6.68. The Kier molecular flexibility index (Phi) is 5.15. The van der Waals surface area contributed by atoms with Crippen molar-refractivity contribution < 1.29 is 0 Å². The van der Waals surface area contributed by atoms with Crippen LogP contribution in [0.3, 0.4) is 0 Å². The van der Waals surface area contributed by atoms with Gasteiger partial charge in [0.05, 0.1) is 0 Å². The fraction of sp³-hybridized carbons (Fsp3) is 0.818. The molecule has 2 nitrogen and oxygen atoms in total. The minimum Gasteiger partial charge on any atom is -0.327 e. The van der Waals surface area contributed by atoms with E-state index in [0.717, 1.165) is 23.7 Å². The molecule has 4 fully saturated rings. The lowest BCUT2D eigenvalue weighted by atomic mass is 9.77. The first kappa shape index (κ1) is 16.8. The van der Waals surface area contributed by atoms with Crippen molar-refractivity contribution in [3.63, 3.8) is 0 Å². The van der Waals surface area contributed by atoms with E-state index in [2.05, 4.69) is 24.3 Å². The van der Waals surface area contributed by atoms with Crippen molar-refractivity contribution in [2.24, 2.45) is 47.0 Å². The van der Waals surface area contributed by atoms with E-state index < -0.39 is 0 Å². The Morgan fingerprint density at radius 3 is 1.46 bits per heavy atom. The van der Waals surface area contributed by atoms with E-state index in [1.807, 2.05) is 0 Å². The Morgan fingerprint density at radius 1 is 0.583 bits per heavy atom. The van der Waals surface area contributed by atoms with Gasteiger partial charge >= 0.3 is 0 Å². The molecule has 0 radical (unpaired) electrons. The maximum absolute atomic E-state index is 6.46. The van der Waals surface area contributed by atoms with Gasteiger partial charge in [0.2, 0.25) is 0 Å². The van der Waals surface area contributed by atoms with Crippen LogP contribution >= 0.6 is 0 Å². The molecule has 2 heteroatoms. The van der Waals surface area contributed by atoms with Crippen molar-refractivity contribution >= 4 is 0 Å². The normalized spacial score (nSPS) is 48.9. The van der Waals surface area contributed by atoms with Gasteiger partial charge < -0.3 is 11.5 Å². The predicted molar refractivity (Wildman–Crippen MR) is 101 cm³/mol. The maximum Gasteiger partial charge on any atom is 0.0107 e. The summed E-state index contributed by atoms with van der Waals surface area (Å²) in [5.41, 5.74) is 12.9. The molecule has 0 aromatic rings. The molecule has 134 valence electrons. The highest BCUT2D eigenvalue weighted by Crippen LogP contribution is 2.47. The molecular formula is C22H36N2. The van der Waals surface area contributed by atoms with Crippen LogP contribution in [-0.4, -0.2) is 12.1 Å². The Balaban J connectivity index is 1.37. The highest BCUT2D eigenvalue weighted by Gasteiger charge is 2.41. The third kappa shape index (κ3) is 3.24. The number of hydrogen-bond acceptors (Lipinski definition) is 2. The molecule has 8 atom stereocenters. The minimum atomic E-state index is 0.388. The molecule has 0 aliphatic heterocycles. The zero-order valence-electron chi connectivity index (χ0n) is 15.2. The standard InChI is InChI=1S/C22H36N2/c23-21-13-15-7-1-3-9-17(15)19(21)11-5-6-12-20-18-10-4-2-8-16(18)14-22(20)24/h5-6,11-12,15-22H,1-4,7-10,13-14,23-24H2/b11-5-,12-6+/t15-,16-,17+,18+,19-,20-,21-,22+/m0/s1. The van der Waals surface area contributed by atoms with Gasteiger partial charge in [-0.3, -0.25) is 0 Å². The lowest BCUT2D eigenvalue weighted by Gasteiger charge is -2.28. The SMILES string of the molecule is N[C@@H]1C[C@@H]2CCCC[C@H]2[C@@H]1/C=C/C=C\[C@H]1[C@@H]2CCCC[C@H]2C[C@@H]1N. The molecule has 0 aromatic carbocycles. The van der Waals surface area contributed by atoms with Gasteiger partial charge in [-0.15, -0.1) is 0 Å². The van der Waals surface area contributed by atoms with E-state index in [9.17, 15) is 0 Å². The molecule has 4 aliphatic rings. The highest BCUT2D eigenvalue weighted by atomic mass is 14.7. The first-order chi connectivity index (χ1) is 11.7. The molecule has 0 saturated heterocycles. The topological polar surface area (TPSA) is 52.0 Å². The van der Waals surface area contributed by atoms with Gasteiger partial charge in [-0.25, -0.2) is 0 Å². The number of allylic oxidation sites excluding steroid dienone is 2. The molecule has 0 unspecified atom stereocenters. The summed E-state index contributed by atoms with van der Waals surface area (Å²) < 4.78 is 0. The van der Waals surface area contributed by atoms with E-state index >= 15 is 0 Å². The number of hydrogen-bond donors (Lipinski definition) is 2. The summed E-state index contributed by atoms with van der Waals surface area (Å²) in [6, 6.07) is 0.776. The first-order valence-electron chi connectivity index (χ1n) is 10.6. The lowest BCUT2D eigenvalue weighted by Crippen LogP contribution is -2.27. The Bertz CT molecular complexity index is 438. The number of fused-ring (bicyclic) bond motifs is 2. The van der Waals surface area contributed by atoms with Gasteiger partial charge in [-0.1, -0.05) is 62.8 Å². The molecule has 0 amide bonds. The lowest BCUT2D eigenvalue weighted by molar-refractivity contribution is 0.248. The van der Waals surface area contributed by atoms with Crippen LogP contribution in [0.1, 0.15) is 64.2 Å². The van der Waals surface area contributed by atoms with Gasteiger partial charge in [0.1, 0.15) is 0 Å². The van der Waals surface area contributed by atoms with Crippen LogP contribution in [0.5, 0.6) is 0 Å². The minimum absolute atomic E-state index is 0.388. The molecule has 24 heavy (non-hydrogen) atoms. The van der Waals surface area contributed by atoms with E-state index in [1.54, 1.807) is 0 Å². The first-order valence-corrected chi connectivity index (χ1v) is 10.6. The van der Waals surface area contributed by atoms with Crippen molar-refractivity contribution in [3.8, 4) is 0 Å². The zero-order chi connectivity index (χ0) is 16.5. The van der Waals surface area contributed by atoms with Crippen molar-refractivity contribution in [1.82, 2.24) is 0 Å². The second-order valence-corrected chi connectivity index (χ2v) is 9.14. The average molecular weight is 329 g/mol. The molecule has 0 heterocycles. The summed E-state index contributed by atoms with van der Waals surface area (Å²) in [5, 5.41) is 0. The Labute approximate surface area is 148 Å². The fourth-order valence-corrected chi connectivity index (χ4v) is 6.68. The van der Waals surface area contributed by atoms with Crippen molar-refractivity contribution in [3.05, 3.63) is 24.3 Å². The molecule has 0 bridgehead atoms. The zero-order valence-corrected chi connectivity index (χ0v) is 15.2. The summed E-state index contributed by atoms with van der Waals surface area (Å²) in [6.07, 6.45) is 23.2. The summed E-state index contributed by atoms with van der Waals surface area (Å²) in [7, 11) is 0. The van der Waals surface area contributed by atoms with Crippen molar-refractivity contribution in [2.45, 2.75) is 76.3 Å². The molecular weight excluding hydrogens is 292 g/mol. The highest BCUT2D eigenvalue weighted by molar-refractivity contribution is 5.14. The summed E-state index contributed by atoms with van der Waals surface area (Å²) in [6.45, 7) is 0. The molecule has 4 saturated carbocycles. The quantitative estimate of drug-likeness (QED) is 0.754. The van der Waals surface area contributed by atoms with Gasteiger partial charge in [-0.2, -0.15) is 0 Å². The molecule has 4 rings (SSSR count). The predicted octanol–water partition coefficient (Wildman–Crippen LogP) is 4.41. The van der Waals surface area contributed by atoms with Crippen LogP contribution in [0.2, 0.25) is 0 Å². The van der Waals surface area contributed by atoms with Crippen LogP contribution in [0.25, 0.3) is 0 Å². The molecule has 0 aromatic heterocycles. The van der Waals surface area contributed by atoms with Crippen molar-refractivity contribution in [1.29, 1.82) is 0 Å². The molecule has 4 aliphatic carbocycles. The smallest absolute Gasteiger partial charge is 0.0107 e. The maximum atomic E-state index is 6.46. The largest absolute Gasteiger partial charge is 0.327 e. The average Bonchev–Trinajstić information content (AvgIpc) is 3.08. The van der Waals surface area contributed by atoms with Crippen LogP contribution in [-0.2, 0) is 0 Å². The van der Waals surface area contributed by atoms with Crippen LogP contribution < -0.4 is 11.5 Å². The van der Waals surface area contributed by atoms with Crippen molar-refractivity contribution in [2.75, 3.05) is 0 Å². The Hall–Kier alpha value is -0.600. The third-order valence-electron chi connectivity index (χ3n) is 7.84. The van der Waals surface area contributed by atoms with Crippen LogP contribution in [0.15, 0.2) is 24.3 Å². The van der Waals surface area contributed by atoms with Gasteiger partial charge in [0, 0.05) is 12.1 Å². The molecule has 0 spiro atoms. The van der Waals surface area contributed by atoms with E-state index in [0.29, 0.717) is 23.9 Å². The second-order valence-electron chi connectivity index (χ2n) is 9.14. The summed E-state index contributed by atoms with van der Waals surface area (Å²) >= 11 is 0. The van der Waals surface area contributed by atoms with E-state index in [-0.39, 0.29) is 0 Å². The van der Waals surface area contributed by atoms with Gasteiger partial charge in [0.15, 0.2) is 0 Å². The van der Waals surface area contributed by atoms with E-state index in [1.165, 1.54) is 64.2 Å². The summed E-state index contributed by atoms with van der Waals surface area (Å²) in [5.74, 6) is 4.74. The monoisotopic (exact) mass is 328 g/mol. The van der Waals surface area contributed by atoms with E-state index in [4.69, 9.17) is 11.5 Å². The van der Waals surface area contributed by atoms with Crippen LogP contribution in [0, 0.1) is 35.5 Å². The van der Waals surface area contributed by atoms with Gasteiger partial charge in [-0.05, 0) is 61.2 Å². The molecule has 4 N–H and O–H groups in total. The summed E-state index contributed by atoms with van der Waals surface area (Å²) in [4.78, 5) is 0. The Morgan fingerprint density at radius 2 is 1.00 bits per heavy atom. The van der Waals surface area contributed by atoms with Gasteiger partial charge in [0.25, 0.3) is 0 Å². The van der Waals surface area contributed by atoms with Crippen LogP contribution in [0.4, 0.5) is 0 Å².